The molecule has 1 N–H and O–H groups in total. The Morgan fingerprint density at radius 1 is 1.64 bits per heavy atom. The maximum atomic E-state index is 11.6. The van der Waals surface area contributed by atoms with Crippen LogP contribution in [0.2, 0.25) is 0 Å². The minimum absolute atomic E-state index is 0.0193. The summed E-state index contributed by atoms with van der Waals surface area (Å²) >= 11 is 0. The molecular formula is C9H16N2O3. The number of urea groups is 1. The molecule has 1 unspecified atom stereocenters. The number of aliphatic carboxylic acids is 1. The summed E-state index contributed by atoms with van der Waals surface area (Å²) in [7, 11) is 1.65. The number of carbonyl (C=O) groups is 2. The van der Waals surface area contributed by atoms with Crippen LogP contribution in [0.3, 0.4) is 0 Å². The van der Waals surface area contributed by atoms with Gasteiger partial charge in [-0.3, -0.25) is 4.79 Å². The number of nitrogens with zero attached hydrogens (tertiary/aromatic N) is 2. The van der Waals surface area contributed by atoms with Crippen LogP contribution in [0.15, 0.2) is 0 Å². The highest BCUT2D eigenvalue weighted by Gasteiger charge is 2.36. The van der Waals surface area contributed by atoms with Gasteiger partial charge in [0.2, 0.25) is 0 Å². The van der Waals surface area contributed by atoms with E-state index in [2.05, 4.69) is 0 Å². The van der Waals surface area contributed by atoms with Gasteiger partial charge in [-0.15, -0.1) is 0 Å². The Bertz CT molecular complexity index is 252. The van der Waals surface area contributed by atoms with E-state index in [1.54, 1.807) is 11.9 Å². The van der Waals surface area contributed by atoms with Crippen LogP contribution in [0.25, 0.3) is 0 Å². The van der Waals surface area contributed by atoms with E-state index in [1.807, 2.05) is 13.8 Å². The second kappa shape index (κ2) is 3.86. The first kappa shape index (κ1) is 10.8. The van der Waals surface area contributed by atoms with E-state index >= 15 is 0 Å². The summed E-state index contributed by atoms with van der Waals surface area (Å²) in [4.78, 5) is 25.3. The zero-order valence-electron chi connectivity index (χ0n) is 8.73. The molecule has 1 atom stereocenters. The number of carbonyl (C=O) groups excluding carboxylic acids is 1. The van der Waals surface area contributed by atoms with E-state index in [0.717, 1.165) is 0 Å². The van der Waals surface area contributed by atoms with Gasteiger partial charge in [0.15, 0.2) is 0 Å². The van der Waals surface area contributed by atoms with E-state index in [-0.39, 0.29) is 24.5 Å². The molecule has 0 aromatic heterocycles. The lowest BCUT2D eigenvalue weighted by Gasteiger charge is -2.19. The lowest BCUT2D eigenvalue weighted by molar-refractivity contribution is -0.137. The lowest BCUT2D eigenvalue weighted by Crippen LogP contribution is -2.35. The van der Waals surface area contributed by atoms with Crippen LogP contribution in [-0.2, 0) is 4.79 Å². The Hall–Kier alpha value is -1.26. The van der Waals surface area contributed by atoms with Gasteiger partial charge in [-0.25, -0.2) is 4.79 Å². The minimum Gasteiger partial charge on any atom is -0.481 e. The fourth-order valence-corrected chi connectivity index (χ4v) is 1.62. The molecule has 80 valence electrons. The normalized spacial score (nSPS) is 22.3. The molecule has 5 nitrogen and oxygen atoms in total. The topological polar surface area (TPSA) is 60.9 Å². The highest BCUT2D eigenvalue weighted by molar-refractivity contribution is 5.78. The van der Waals surface area contributed by atoms with Crippen molar-refractivity contribution in [2.75, 3.05) is 13.6 Å². The molecule has 0 aromatic rings. The Morgan fingerprint density at radius 2 is 2.21 bits per heavy atom. The van der Waals surface area contributed by atoms with Crippen molar-refractivity contribution in [1.29, 1.82) is 0 Å². The number of hydrogen-bond acceptors (Lipinski definition) is 2. The summed E-state index contributed by atoms with van der Waals surface area (Å²) < 4.78 is 0. The Kier molecular flexibility index (Phi) is 2.98. The SMILES string of the molecule is CC(C)N1CC(CC(=O)O)N(C)C1=O. The number of carboxylic acids is 1. The largest absolute Gasteiger partial charge is 0.481 e. The number of carboxylic acid groups (broad SMARTS) is 1. The van der Waals surface area contributed by atoms with Gasteiger partial charge in [-0.05, 0) is 13.8 Å². The van der Waals surface area contributed by atoms with Gasteiger partial charge in [-0.1, -0.05) is 0 Å². The van der Waals surface area contributed by atoms with Crippen LogP contribution >= 0.6 is 0 Å². The number of amides is 2. The molecule has 0 aliphatic carbocycles. The van der Waals surface area contributed by atoms with Crippen molar-refractivity contribution in [3.63, 3.8) is 0 Å². The molecule has 1 aliphatic rings. The third-order valence-corrected chi connectivity index (χ3v) is 2.54. The standard InChI is InChI=1S/C9H16N2O3/c1-6(2)11-5-7(4-8(12)13)10(3)9(11)14/h6-7H,4-5H2,1-3H3,(H,12,13). The van der Waals surface area contributed by atoms with Gasteiger partial charge in [0, 0.05) is 19.6 Å². The predicted octanol–water partition coefficient (Wildman–Crippen LogP) is 0.606. The van der Waals surface area contributed by atoms with Gasteiger partial charge in [-0.2, -0.15) is 0 Å². The zero-order chi connectivity index (χ0) is 10.9. The van der Waals surface area contributed by atoms with Crippen molar-refractivity contribution in [3.05, 3.63) is 0 Å². The number of likely N-dealkylation sites (N-methyl/N-ethyl adjacent to an activating group) is 1. The molecule has 5 heteroatoms. The highest BCUT2D eigenvalue weighted by Crippen LogP contribution is 2.18. The zero-order valence-corrected chi connectivity index (χ0v) is 8.73. The molecule has 0 radical (unpaired) electrons. The summed E-state index contributed by atoms with van der Waals surface area (Å²) in [5.41, 5.74) is 0. The van der Waals surface area contributed by atoms with Gasteiger partial charge >= 0.3 is 12.0 Å². The Labute approximate surface area is 83.3 Å². The van der Waals surface area contributed by atoms with E-state index in [4.69, 9.17) is 5.11 Å². The minimum atomic E-state index is -0.861. The number of rotatable bonds is 3. The van der Waals surface area contributed by atoms with E-state index < -0.39 is 5.97 Å². The van der Waals surface area contributed by atoms with Crippen molar-refractivity contribution in [2.45, 2.75) is 32.4 Å². The molecule has 2 amide bonds. The first-order chi connectivity index (χ1) is 6.43. The van der Waals surface area contributed by atoms with Gasteiger partial charge in [0.05, 0.1) is 12.5 Å². The van der Waals surface area contributed by atoms with Crippen molar-refractivity contribution in [2.24, 2.45) is 0 Å². The van der Waals surface area contributed by atoms with E-state index in [0.29, 0.717) is 6.54 Å². The summed E-state index contributed by atoms with van der Waals surface area (Å²) in [5, 5.41) is 8.65. The van der Waals surface area contributed by atoms with Crippen LogP contribution in [-0.4, -0.2) is 52.6 Å². The van der Waals surface area contributed by atoms with E-state index in [1.165, 1.54) is 4.90 Å². The second-order valence-electron chi connectivity index (χ2n) is 3.89. The van der Waals surface area contributed by atoms with Crippen LogP contribution in [0.1, 0.15) is 20.3 Å². The van der Waals surface area contributed by atoms with Crippen molar-refractivity contribution in [3.8, 4) is 0 Å². The fraction of sp³-hybridized carbons (Fsp3) is 0.778. The number of hydrogen-bond donors (Lipinski definition) is 1. The first-order valence-electron chi connectivity index (χ1n) is 4.68. The molecular weight excluding hydrogens is 184 g/mol. The summed E-state index contributed by atoms with van der Waals surface area (Å²) in [6.45, 7) is 4.36. The van der Waals surface area contributed by atoms with Crippen molar-refractivity contribution < 1.29 is 14.7 Å². The molecule has 1 saturated heterocycles. The molecule has 1 rings (SSSR count). The van der Waals surface area contributed by atoms with Crippen molar-refractivity contribution in [1.82, 2.24) is 9.80 Å². The molecule has 1 heterocycles. The monoisotopic (exact) mass is 200 g/mol. The predicted molar refractivity (Wildman–Crippen MR) is 51.0 cm³/mol. The van der Waals surface area contributed by atoms with E-state index in [9.17, 15) is 9.59 Å². The second-order valence-corrected chi connectivity index (χ2v) is 3.89. The molecule has 0 bridgehead atoms. The molecule has 0 saturated carbocycles. The smallest absolute Gasteiger partial charge is 0.320 e. The van der Waals surface area contributed by atoms with Crippen LogP contribution < -0.4 is 0 Å². The Balaban J connectivity index is 2.66. The molecule has 1 fully saturated rings. The molecule has 0 aromatic carbocycles. The molecule has 1 aliphatic heterocycles. The quantitative estimate of drug-likeness (QED) is 0.726. The molecule has 0 spiro atoms. The summed E-state index contributed by atoms with van der Waals surface area (Å²) in [5.74, 6) is -0.861. The maximum absolute atomic E-state index is 11.6. The van der Waals surface area contributed by atoms with Gasteiger partial charge in [0.1, 0.15) is 0 Å². The maximum Gasteiger partial charge on any atom is 0.320 e. The fourth-order valence-electron chi connectivity index (χ4n) is 1.62. The van der Waals surface area contributed by atoms with Crippen molar-refractivity contribution >= 4 is 12.0 Å². The first-order valence-corrected chi connectivity index (χ1v) is 4.68. The average Bonchev–Trinajstić information content (AvgIpc) is 2.32. The third-order valence-electron chi connectivity index (χ3n) is 2.54. The third kappa shape index (κ3) is 1.97. The van der Waals surface area contributed by atoms with Crippen LogP contribution in [0.5, 0.6) is 0 Å². The summed E-state index contributed by atoms with van der Waals surface area (Å²) in [6, 6.07) is -0.141. The van der Waals surface area contributed by atoms with Crippen LogP contribution in [0, 0.1) is 0 Å². The average molecular weight is 200 g/mol. The summed E-state index contributed by atoms with van der Waals surface area (Å²) in [6.07, 6.45) is 0.0193. The highest BCUT2D eigenvalue weighted by atomic mass is 16.4. The molecule has 14 heavy (non-hydrogen) atoms. The van der Waals surface area contributed by atoms with Crippen LogP contribution in [0.4, 0.5) is 4.79 Å². The van der Waals surface area contributed by atoms with Gasteiger partial charge < -0.3 is 14.9 Å². The lowest BCUT2D eigenvalue weighted by atomic mass is 10.2. The van der Waals surface area contributed by atoms with Gasteiger partial charge in [0.25, 0.3) is 0 Å². The Morgan fingerprint density at radius 3 is 2.57 bits per heavy atom.